The average molecular weight is 321 g/mol. The molecule has 1 unspecified atom stereocenters. The SMILES string of the molecule is CN(C)c1ccc2c(c1)C(C#N)N(c1ccc3c(c1)OCO3)C2=O. The number of carbonyl (C=O) groups is 1. The third-order valence-electron chi connectivity index (χ3n) is 4.31. The molecule has 120 valence electrons. The van der Waals surface area contributed by atoms with Crippen LogP contribution in [0.3, 0.4) is 0 Å². The number of fused-ring (bicyclic) bond motifs is 2. The summed E-state index contributed by atoms with van der Waals surface area (Å²) in [5.74, 6) is 1.05. The first-order chi connectivity index (χ1) is 11.6. The molecule has 0 saturated heterocycles. The van der Waals surface area contributed by atoms with Crippen LogP contribution in [-0.4, -0.2) is 26.8 Å². The predicted molar refractivity (Wildman–Crippen MR) is 88.5 cm³/mol. The zero-order valence-corrected chi connectivity index (χ0v) is 13.3. The Bertz CT molecular complexity index is 886. The largest absolute Gasteiger partial charge is 0.454 e. The van der Waals surface area contributed by atoms with Gasteiger partial charge in [-0.05, 0) is 30.3 Å². The van der Waals surface area contributed by atoms with Crippen molar-refractivity contribution in [1.82, 2.24) is 0 Å². The zero-order valence-electron chi connectivity index (χ0n) is 13.3. The van der Waals surface area contributed by atoms with Gasteiger partial charge in [-0.1, -0.05) is 0 Å². The van der Waals surface area contributed by atoms with Crippen molar-refractivity contribution in [1.29, 1.82) is 5.26 Å². The summed E-state index contributed by atoms with van der Waals surface area (Å²) < 4.78 is 10.7. The summed E-state index contributed by atoms with van der Waals surface area (Å²) in [5.41, 5.74) is 2.86. The Balaban J connectivity index is 1.80. The highest BCUT2D eigenvalue weighted by molar-refractivity contribution is 6.12. The summed E-state index contributed by atoms with van der Waals surface area (Å²) in [7, 11) is 3.85. The monoisotopic (exact) mass is 321 g/mol. The van der Waals surface area contributed by atoms with Gasteiger partial charge in [0.1, 0.15) is 0 Å². The summed E-state index contributed by atoms with van der Waals surface area (Å²) in [4.78, 5) is 16.3. The van der Waals surface area contributed by atoms with E-state index in [0.717, 1.165) is 11.3 Å². The van der Waals surface area contributed by atoms with Crippen molar-refractivity contribution in [2.45, 2.75) is 6.04 Å². The molecule has 2 aliphatic rings. The number of nitriles is 1. The number of ether oxygens (including phenoxy) is 2. The van der Waals surface area contributed by atoms with Gasteiger partial charge in [-0.15, -0.1) is 0 Å². The van der Waals surface area contributed by atoms with Crippen LogP contribution in [-0.2, 0) is 0 Å². The fourth-order valence-electron chi connectivity index (χ4n) is 3.06. The maximum atomic E-state index is 12.8. The number of hydrogen-bond donors (Lipinski definition) is 0. The number of nitrogens with zero attached hydrogens (tertiary/aromatic N) is 3. The second-order valence-corrected chi connectivity index (χ2v) is 5.91. The molecule has 2 aromatic carbocycles. The summed E-state index contributed by atoms with van der Waals surface area (Å²) in [6.45, 7) is 0.167. The van der Waals surface area contributed by atoms with Gasteiger partial charge in [0.15, 0.2) is 17.5 Å². The highest BCUT2D eigenvalue weighted by Gasteiger charge is 2.38. The lowest BCUT2D eigenvalue weighted by Gasteiger charge is -2.20. The number of anilines is 2. The van der Waals surface area contributed by atoms with E-state index in [-0.39, 0.29) is 12.7 Å². The summed E-state index contributed by atoms with van der Waals surface area (Å²) in [6.07, 6.45) is 0. The minimum absolute atomic E-state index is 0.167. The van der Waals surface area contributed by atoms with Crippen molar-refractivity contribution < 1.29 is 14.3 Å². The first kappa shape index (κ1) is 14.4. The molecule has 0 saturated carbocycles. The van der Waals surface area contributed by atoms with Crippen LogP contribution in [0.15, 0.2) is 36.4 Å². The summed E-state index contributed by atoms with van der Waals surface area (Å²) >= 11 is 0. The minimum atomic E-state index is -0.659. The predicted octanol–water partition coefficient (Wildman–Crippen LogP) is 2.71. The second-order valence-electron chi connectivity index (χ2n) is 5.91. The molecule has 0 spiro atoms. The second kappa shape index (κ2) is 5.17. The summed E-state index contributed by atoms with van der Waals surface area (Å²) in [5, 5.41) is 9.67. The third-order valence-corrected chi connectivity index (χ3v) is 4.31. The Labute approximate surface area is 139 Å². The van der Waals surface area contributed by atoms with Crippen LogP contribution in [0.1, 0.15) is 22.0 Å². The molecule has 2 heterocycles. The molecular formula is C18H15N3O3. The molecule has 0 aliphatic carbocycles. The number of rotatable bonds is 2. The molecule has 0 N–H and O–H groups in total. The van der Waals surface area contributed by atoms with Crippen LogP contribution in [0.25, 0.3) is 0 Å². The zero-order chi connectivity index (χ0) is 16.8. The molecule has 2 aliphatic heterocycles. The van der Waals surface area contributed by atoms with Crippen molar-refractivity contribution in [2.75, 3.05) is 30.7 Å². The van der Waals surface area contributed by atoms with Crippen molar-refractivity contribution in [3.05, 3.63) is 47.5 Å². The van der Waals surface area contributed by atoms with E-state index in [0.29, 0.717) is 22.7 Å². The topological polar surface area (TPSA) is 65.8 Å². The standard InChI is InChI=1S/C18H15N3O3/c1-20(2)11-3-5-13-14(7-11)15(9-19)21(18(13)22)12-4-6-16-17(8-12)24-10-23-16/h3-8,15H,10H2,1-2H3. The fraction of sp³-hybridized carbons (Fsp3) is 0.222. The van der Waals surface area contributed by atoms with E-state index in [4.69, 9.17) is 9.47 Å². The van der Waals surface area contributed by atoms with Gasteiger partial charge in [0.05, 0.1) is 6.07 Å². The van der Waals surface area contributed by atoms with E-state index in [2.05, 4.69) is 6.07 Å². The third kappa shape index (κ3) is 1.98. The fourth-order valence-corrected chi connectivity index (χ4v) is 3.06. The van der Waals surface area contributed by atoms with Gasteiger partial charge in [-0.25, -0.2) is 0 Å². The minimum Gasteiger partial charge on any atom is -0.454 e. The van der Waals surface area contributed by atoms with Gasteiger partial charge in [0.25, 0.3) is 5.91 Å². The normalized spacial score (nSPS) is 17.6. The number of hydrogen-bond acceptors (Lipinski definition) is 5. The van der Waals surface area contributed by atoms with Gasteiger partial charge in [0, 0.05) is 42.7 Å². The van der Waals surface area contributed by atoms with Crippen molar-refractivity contribution in [3.63, 3.8) is 0 Å². The van der Waals surface area contributed by atoms with Crippen LogP contribution in [0, 0.1) is 11.3 Å². The van der Waals surface area contributed by atoms with Gasteiger partial charge < -0.3 is 14.4 Å². The Morgan fingerprint density at radius 1 is 1.17 bits per heavy atom. The Hall–Kier alpha value is -3.20. The Morgan fingerprint density at radius 3 is 2.71 bits per heavy atom. The maximum Gasteiger partial charge on any atom is 0.260 e. The van der Waals surface area contributed by atoms with Crippen LogP contribution in [0.2, 0.25) is 0 Å². The van der Waals surface area contributed by atoms with E-state index in [1.807, 2.05) is 31.1 Å². The van der Waals surface area contributed by atoms with Crippen LogP contribution in [0.4, 0.5) is 11.4 Å². The molecule has 0 bridgehead atoms. The molecule has 2 aromatic rings. The van der Waals surface area contributed by atoms with E-state index < -0.39 is 6.04 Å². The Morgan fingerprint density at radius 2 is 1.96 bits per heavy atom. The van der Waals surface area contributed by atoms with Gasteiger partial charge in [-0.3, -0.25) is 9.69 Å². The molecule has 6 nitrogen and oxygen atoms in total. The lowest BCUT2D eigenvalue weighted by atomic mass is 10.0. The maximum absolute atomic E-state index is 12.8. The summed E-state index contributed by atoms with van der Waals surface area (Å²) in [6, 6.07) is 12.4. The van der Waals surface area contributed by atoms with Gasteiger partial charge >= 0.3 is 0 Å². The highest BCUT2D eigenvalue weighted by atomic mass is 16.7. The molecule has 4 rings (SSSR count). The molecule has 0 radical (unpaired) electrons. The van der Waals surface area contributed by atoms with E-state index in [1.165, 1.54) is 4.90 Å². The van der Waals surface area contributed by atoms with Gasteiger partial charge in [0.2, 0.25) is 6.79 Å². The first-order valence-electron chi connectivity index (χ1n) is 7.54. The van der Waals surface area contributed by atoms with E-state index in [1.54, 1.807) is 24.3 Å². The van der Waals surface area contributed by atoms with E-state index >= 15 is 0 Å². The lowest BCUT2D eigenvalue weighted by molar-refractivity contribution is 0.0994. The molecule has 1 atom stereocenters. The molecule has 0 fully saturated rings. The molecular weight excluding hydrogens is 306 g/mol. The van der Waals surface area contributed by atoms with Crippen molar-refractivity contribution >= 4 is 17.3 Å². The molecule has 6 heteroatoms. The van der Waals surface area contributed by atoms with Crippen LogP contribution in [0.5, 0.6) is 11.5 Å². The highest BCUT2D eigenvalue weighted by Crippen LogP contribution is 2.42. The van der Waals surface area contributed by atoms with Crippen LogP contribution >= 0.6 is 0 Å². The molecule has 24 heavy (non-hydrogen) atoms. The number of amides is 1. The van der Waals surface area contributed by atoms with Gasteiger partial charge in [-0.2, -0.15) is 5.26 Å². The Kier molecular flexibility index (Phi) is 3.10. The number of carbonyl (C=O) groups excluding carboxylic acids is 1. The van der Waals surface area contributed by atoms with Crippen molar-refractivity contribution in [2.24, 2.45) is 0 Å². The van der Waals surface area contributed by atoms with E-state index in [9.17, 15) is 10.1 Å². The molecule has 0 aromatic heterocycles. The smallest absolute Gasteiger partial charge is 0.260 e. The number of benzene rings is 2. The first-order valence-corrected chi connectivity index (χ1v) is 7.54. The molecule has 1 amide bonds. The quantitative estimate of drug-likeness (QED) is 0.851. The van der Waals surface area contributed by atoms with Crippen molar-refractivity contribution in [3.8, 4) is 17.6 Å². The van der Waals surface area contributed by atoms with Crippen LogP contribution < -0.4 is 19.3 Å². The lowest BCUT2D eigenvalue weighted by Crippen LogP contribution is -2.26. The average Bonchev–Trinajstić information content (AvgIpc) is 3.16.